The zero-order valence-electron chi connectivity index (χ0n) is 16.6. The fourth-order valence-corrected chi connectivity index (χ4v) is 2.76. The maximum Gasteiger partial charge on any atom is 0.338 e. The molecule has 160 valence electrons. The van der Waals surface area contributed by atoms with Gasteiger partial charge in [0.25, 0.3) is 11.6 Å². The number of methoxy groups -OCH3 is 1. The van der Waals surface area contributed by atoms with Crippen molar-refractivity contribution in [1.82, 2.24) is 0 Å². The number of nitrogens with one attached hydrogen (secondary N) is 1. The Morgan fingerprint density at radius 3 is 2.50 bits per heavy atom. The van der Waals surface area contributed by atoms with Gasteiger partial charge in [0, 0.05) is 16.6 Å². The molecule has 0 aromatic heterocycles. The van der Waals surface area contributed by atoms with Crippen molar-refractivity contribution in [2.24, 2.45) is 5.92 Å². The summed E-state index contributed by atoms with van der Waals surface area (Å²) in [6.07, 6.45) is 0. The number of anilines is 1. The van der Waals surface area contributed by atoms with Crippen LogP contribution in [0.1, 0.15) is 24.2 Å². The number of nitro groups is 1. The minimum Gasteiger partial charge on any atom is -0.493 e. The van der Waals surface area contributed by atoms with E-state index in [1.54, 1.807) is 6.07 Å². The molecule has 2 aromatic rings. The molecule has 0 aliphatic heterocycles. The standard InChI is InChI=1S/C20H21BrN2O7/c1-12(2)10-29-17-7-4-13(8-18(17)28-3)20(25)30-11-19(24)22-16-6-5-14(23(26)27)9-15(16)21/h4-9,12H,10-11H2,1-3H3,(H,22,24). The average molecular weight is 481 g/mol. The minimum absolute atomic E-state index is 0.124. The number of carbonyl (C=O) groups excluding carboxylic acids is 2. The molecule has 0 fully saturated rings. The maximum atomic E-state index is 12.3. The van der Waals surface area contributed by atoms with Gasteiger partial charge in [-0.3, -0.25) is 14.9 Å². The maximum absolute atomic E-state index is 12.3. The van der Waals surface area contributed by atoms with E-state index in [9.17, 15) is 19.7 Å². The molecule has 0 spiro atoms. The molecular weight excluding hydrogens is 460 g/mol. The molecule has 9 nitrogen and oxygen atoms in total. The van der Waals surface area contributed by atoms with Gasteiger partial charge in [-0.15, -0.1) is 0 Å². The Morgan fingerprint density at radius 2 is 1.90 bits per heavy atom. The summed E-state index contributed by atoms with van der Waals surface area (Å²) >= 11 is 3.15. The molecule has 0 atom stereocenters. The van der Waals surface area contributed by atoms with E-state index in [4.69, 9.17) is 14.2 Å². The van der Waals surface area contributed by atoms with Crippen LogP contribution in [-0.4, -0.2) is 37.1 Å². The third-order valence-corrected chi connectivity index (χ3v) is 4.40. The van der Waals surface area contributed by atoms with E-state index >= 15 is 0 Å². The highest BCUT2D eigenvalue weighted by molar-refractivity contribution is 9.10. The Bertz CT molecular complexity index is 947. The molecule has 0 saturated heterocycles. The Hall–Kier alpha value is -3.14. The molecule has 0 unspecified atom stereocenters. The van der Waals surface area contributed by atoms with Gasteiger partial charge in [-0.2, -0.15) is 0 Å². The van der Waals surface area contributed by atoms with Gasteiger partial charge in [0.2, 0.25) is 0 Å². The van der Waals surface area contributed by atoms with Gasteiger partial charge in [0.1, 0.15) is 0 Å². The molecule has 1 N–H and O–H groups in total. The van der Waals surface area contributed by atoms with Gasteiger partial charge >= 0.3 is 5.97 Å². The van der Waals surface area contributed by atoms with E-state index in [2.05, 4.69) is 21.2 Å². The molecule has 0 heterocycles. The van der Waals surface area contributed by atoms with Crippen molar-refractivity contribution in [2.75, 3.05) is 25.6 Å². The van der Waals surface area contributed by atoms with E-state index in [-0.39, 0.29) is 11.3 Å². The van der Waals surface area contributed by atoms with Crippen molar-refractivity contribution in [3.05, 3.63) is 56.5 Å². The van der Waals surface area contributed by atoms with Gasteiger partial charge in [-0.05, 0) is 46.1 Å². The van der Waals surface area contributed by atoms with E-state index in [1.165, 1.54) is 37.4 Å². The monoisotopic (exact) mass is 480 g/mol. The number of benzene rings is 2. The van der Waals surface area contributed by atoms with Crippen molar-refractivity contribution < 1.29 is 28.7 Å². The number of non-ortho nitro benzene ring substituents is 1. The van der Waals surface area contributed by atoms with Crippen molar-refractivity contribution in [3.63, 3.8) is 0 Å². The fourth-order valence-electron chi connectivity index (χ4n) is 2.29. The molecule has 0 aliphatic rings. The molecule has 10 heteroatoms. The zero-order valence-corrected chi connectivity index (χ0v) is 18.2. The van der Waals surface area contributed by atoms with Gasteiger partial charge in [0.15, 0.2) is 18.1 Å². The Balaban J connectivity index is 1.96. The summed E-state index contributed by atoms with van der Waals surface area (Å²) in [6, 6.07) is 8.49. The number of esters is 1. The van der Waals surface area contributed by atoms with Crippen LogP contribution in [0.5, 0.6) is 11.5 Å². The van der Waals surface area contributed by atoms with Crippen LogP contribution in [0.4, 0.5) is 11.4 Å². The number of halogens is 1. The van der Waals surface area contributed by atoms with Crippen LogP contribution in [0, 0.1) is 16.0 Å². The normalized spacial score (nSPS) is 10.4. The van der Waals surface area contributed by atoms with Crippen LogP contribution in [0.25, 0.3) is 0 Å². The van der Waals surface area contributed by atoms with Gasteiger partial charge in [0.05, 0.1) is 29.9 Å². The molecule has 0 radical (unpaired) electrons. The van der Waals surface area contributed by atoms with E-state index in [1.807, 2.05) is 13.8 Å². The predicted molar refractivity (Wildman–Crippen MR) is 113 cm³/mol. The molecule has 0 saturated carbocycles. The first kappa shape index (κ1) is 23.1. The lowest BCUT2D eigenvalue weighted by Crippen LogP contribution is -2.21. The number of rotatable bonds is 9. The summed E-state index contributed by atoms with van der Waals surface area (Å²) in [6.45, 7) is 3.99. The van der Waals surface area contributed by atoms with Crippen LogP contribution in [0.2, 0.25) is 0 Å². The highest BCUT2D eigenvalue weighted by Crippen LogP contribution is 2.29. The fraction of sp³-hybridized carbons (Fsp3) is 0.300. The second-order valence-corrected chi connectivity index (χ2v) is 7.47. The van der Waals surface area contributed by atoms with Gasteiger partial charge < -0.3 is 19.5 Å². The Labute approximate surface area is 181 Å². The second kappa shape index (κ2) is 10.6. The highest BCUT2D eigenvalue weighted by Gasteiger charge is 2.16. The van der Waals surface area contributed by atoms with Gasteiger partial charge in [-0.1, -0.05) is 13.8 Å². The number of ether oxygens (including phenoxy) is 3. The van der Waals surface area contributed by atoms with Crippen molar-refractivity contribution in [1.29, 1.82) is 0 Å². The lowest BCUT2D eigenvalue weighted by molar-refractivity contribution is -0.384. The topological polar surface area (TPSA) is 117 Å². The number of amides is 1. The number of nitrogens with zero attached hydrogens (tertiary/aromatic N) is 1. The largest absolute Gasteiger partial charge is 0.493 e. The summed E-state index contributed by atoms with van der Waals surface area (Å²) in [5.41, 5.74) is 0.393. The summed E-state index contributed by atoms with van der Waals surface area (Å²) in [4.78, 5) is 34.5. The Morgan fingerprint density at radius 1 is 1.17 bits per heavy atom. The molecular formula is C20H21BrN2O7. The third kappa shape index (κ3) is 6.45. The quantitative estimate of drug-likeness (QED) is 0.324. The summed E-state index contributed by atoms with van der Waals surface area (Å²) in [7, 11) is 1.46. The first-order chi connectivity index (χ1) is 14.2. The van der Waals surface area contributed by atoms with Crippen LogP contribution in [0.3, 0.4) is 0 Å². The van der Waals surface area contributed by atoms with Crippen molar-refractivity contribution in [2.45, 2.75) is 13.8 Å². The number of nitro benzene ring substituents is 1. The number of hydrogen-bond donors (Lipinski definition) is 1. The highest BCUT2D eigenvalue weighted by atomic mass is 79.9. The third-order valence-electron chi connectivity index (χ3n) is 3.74. The smallest absolute Gasteiger partial charge is 0.338 e. The predicted octanol–water partition coefficient (Wildman–Crippen LogP) is 4.20. The lowest BCUT2D eigenvalue weighted by Gasteiger charge is -2.13. The molecule has 1 amide bonds. The summed E-state index contributed by atoms with van der Waals surface area (Å²) in [5.74, 6) is -0.0927. The second-order valence-electron chi connectivity index (χ2n) is 6.62. The van der Waals surface area contributed by atoms with E-state index in [0.29, 0.717) is 34.2 Å². The minimum atomic E-state index is -0.707. The number of carbonyl (C=O) groups is 2. The molecule has 0 bridgehead atoms. The lowest BCUT2D eigenvalue weighted by atomic mass is 10.2. The molecule has 0 aliphatic carbocycles. The van der Waals surface area contributed by atoms with E-state index in [0.717, 1.165) is 0 Å². The van der Waals surface area contributed by atoms with E-state index < -0.39 is 23.4 Å². The van der Waals surface area contributed by atoms with Crippen LogP contribution in [-0.2, 0) is 9.53 Å². The zero-order chi connectivity index (χ0) is 22.3. The average Bonchev–Trinajstić information content (AvgIpc) is 2.71. The SMILES string of the molecule is COc1cc(C(=O)OCC(=O)Nc2ccc([N+](=O)[O-])cc2Br)ccc1OCC(C)C. The first-order valence-electron chi connectivity index (χ1n) is 8.93. The van der Waals surface area contributed by atoms with Crippen LogP contribution in [0.15, 0.2) is 40.9 Å². The van der Waals surface area contributed by atoms with Crippen molar-refractivity contribution in [3.8, 4) is 11.5 Å². The van der Waals surface area contributed by atoms with Gasteiger partial charge in [-0.25, -0.2) is 4.79 Å². The molecule has 2 aromatic carbocycles. The Kier molecular flexibility index (Phi) is 8.16. The summed E-state index contributed by atoms with van der Waals surface area (Å²) < 4.78 is 16.2. The molecule has 2 rings (SSSR count). The molecule has 30 heavy (non-hydrogen) atoms. The van der Waals surface area contributed by atoms with Crippen molar-refractivity contribution >= 4 is 39.2 Å². The number of hydrogen-bond acceptors (Lipinski definition) is 7. The first-order valence-corrected chi connectivity index (χ1v) is 9.72. The summed E-state index contributed by atoms with van der Waals surface area (Å²) in [5, 5.41) is 13.3. The van der Waals surface area contributed by atoms with Crippen LogP contribution >= 0.6 is 15.9 Å². The van der Waals surface area contributed by atoms with Crippen LogP contribution < -0.4 is 14.8 Å².